The Morgan fingerprint density at radius 3 is 2.39 bits per heavy atom. The largest absolute Gasteiger partial charge is 0.507 e. The van der Waals surface area contributed by atoms with Crippen molar-refractivity contribution < 1.29 is 24.5 Å². The van der Waals surface area contributed by atoms with Gasteiger partial charge in [-0.1, -0.05) is 19.4 Å². The number of phenolic OH excluding ortho intramolecular Hbond substituents is 2. The molecule has 9 nitrogen and oxygen atoms in total. The summed E-state index contributed by atoms with van der Waals surface area (Å²) in [5.41, 5.74) is 2.04. The van der Waals surface area contributed by atoms with Crippen molar-refractivity contribution in [1.29, 1.82) is 0 Å². The minimum Gasteiger partial charge on any atom is -0.507 e. The van der Waals surface area contributed by atoms with Crippen LogP contribution >= 0.6 is 0 Å². The SMILES string of the molecule is CCCCN(C)C(=O)c1cc(C(=O)N2Cc3ccc(OCCCN4CCN(C)CC4)cc3C2)c(O)cc1O. The van der Waals surface area contributed by atoms with Crippen molar-refractivity contribution in [3.63, 3.8) is 0 Å². The van der Waals surface area contributed by atoms with Crippen molar-refractivity contribution >= 4 is 11.8 Å². The number of carbonyl (C=O) groups excluding carboxylic acids is 2. The van der Waals surface area contributed by atoms with E-state index in [1.807, 2.05) is 25.1 Å². The highest BCUT2D eigenvalue weighted by Crippen LogP contribution is 2.33. The second-order valence-electron chi connectivity index (χ2n) is 10.4. The maximum absolute atomic E-state index is 13.4. The van der Waals surface area contributed by atoms with Gasteiger partial charge in [0.15, 0.2) is 0 Å². The van der Waals surface area contributed by atoms with Crippen LogP contribution in [0.1, 0.15) is 58.0 Å². The van der Waals surface area contributed by atoms with Gasteiger partial charge in [0, 0.05) is 65.5 Å². The third-order valence-electron chi connectivity index (χ3n) is 7.44. The van der Waals surface area contributed by atoms with Crippen LogP contribution < -0.4 is 4.74 Å². The molecule has 2 amide bonds. The lowest BCUT2D eigenvalue weighted by Crippen LogP contribution is -2.44. The Balaban J connectivity index is 1.36. The highest BCUT2D eigenvalue weighted by molar-refractivity contribution is 6.03. The van der Waals surface area contributed by atoms with Gasteiger partial charge in [-0.2, -0.15) is 0 Å². The summed E-state index contributed by atoms with van der Waals surface area (Å²) < 4.78 is 6.00. The number of aromatic hydroxyl groups is 2. The van der Waals surface area contributed by atoms with E-state index in [0.717, 1.165) is 74.9 Å². The van der Waals surface area contributed by atoms with Crippen LogP contribution in [0.3, 0.4) is 0 Å². The Morgan fingerprint density at radius 1 is 0.947 bits per heavy atom. The highest BCUT2D eigenvalue weighted by Gasteiger charge is 2.28. The molecule has 2 N–H and O–H groups in total. The van der Waals surface area contributed by atoms with Crippen molar-refractivity contribution in [3.8, 4) is 17.2 Å². The number of unbranched alkanes of at least 4 members (excludes halogenated alkanes) is 1. The highest BCUT2D eigenvalue weighted by atomic mass is 16.5. The first-order valence-corrected chi connectivity index (χ1v) is 13.5. The Morgan fingerprint density at radius 2 is 1.66 bits per heavy atom. The van der Waals surface area contributed by atoms with Crippen LogP contribution in [-0.2, 0) is 13.1 Å². The van der Waals surface area contributed by atoms with Crippen molar-refractivity contribution in [1.82, 2.24) is 19.6 Å². The Kier molecular flexibility index (Phi) is 9.12. The topological polar surface area (TPSA) is 96.8 Å². The van der Waals surface area contributed by atoms with Crippen LogP contribution in [0.2, 0.25) is 0 Å². The van der Waals surface area contributed by atoms with Gasteiger partial charge < -0.3 is 34.5 Å². The number of fused-ring (bicyclic) bond motifs is 1. The van der Waals surface area contributed by atoms with E-state index in [4.69, 9.17) is 4.74 Å². The molecule has 2 aromatic carbocycles. The molecule has 0 atom stereocenters. The van der Waals surface area contributed by atoms with Gasteiger partial charge >= 0.3 is 0 Å². The Labute approximate surface area is 225 Å². The molecule has 2 aromatic rings. The predicted octanol–water partition coefficient (Wildman–Crippen LogP) is 3.14. The first kappa shape index (κ1) is 27.7. The number of hydrogen-bond donors (Lipinski definition) is 2. The summed E-state index contributed by atoms with van der Waals surface area (Å²) in [4.78, 5) is 34.2. The van der Waals surface area contributed by atoms with Crippen molar-refractivity contribution in [2.24, 2.45) is 0 Å². The van der Waals surface area contributed by atoms with E-state index in [1.54, 1.807) is 11.9 Å². The van der Waals surface area contributed by atoms with Gasteiger partial charge in [-0.3, -0.25) is 9.59 Å². The number of piperazine rings is 1. The predicted molar refractivity (Wildman–Crippen MR) is 146 cm³/mol. The third-order valence-corrected chi connectivity index (χ3v) is 7.44. The molecule has 206 valence electrons. The number of rotatable bonds is 10. The lowest BCUT2D eigenvalue weighted by Gasteiger charge is -2.32. The van der Waals surface area contributed by atoms with Crippen LogP contribution in [0.15, 0.2) is 30.3 Å². The van der Waals surface area contributed by atoms with Gasteiger partial charge in [-0.15, -0.1) is 0 Å². The summed E-state index contributed by atoms with van der Waals surface area (Å²) in [6.45, 7) is 9.43. The summed E-state index contributed by atoms with van der Waals surface area (Å²) in [6.07, 6.45) is 2.73. The normalized spacial score (nSPS) is 15.9. The quantitative estimate of drug-likeness (QED) is 0.461. The number of likely N-dealkylation sites (N-methyl/N-ethyl adjacent to an activating group) is 1. The third kappa shape index (κ3) is 6.57. The smallest absolute Gasteiger partial charge is 0.258 e. The van der Waals surface area contributed by atoms with Gasteiger partial charge in [-0.25, -0.2) is 0 Å². The molecule has 38 heavy (non-hydrogen) atoms. The monoisotopic (exact) mass is 524 g/mol. The molecule has 0 saturated carbocycles. The molecule has 0 radical (unpaired) electrons. The van der Waals surface area contributed by atoms with E-state index in [0.29, 0.717) is 26.2 Å². The lowest BCUT2D eigenvalue weighted by molar-refractivity contribution is 0.0748. The van der Waals surface area contributed by atoms with Crippen molar-refractivity contribution in [2.75, 3.05) is 60.0 Å². The molecule has 1 fully saturated rings. The van der Waals surface area contributed by atoms with E-state index >= 15 is 0 Å². The molecule has 0 aliphatic carbocycles. The van der Waals surface area contributed by atoms with Crippen LogP contribution in [0.25, 0.3) is 0 Å². The van der Waals surface area contributed by atoms with Gasteiger partial charge in [0.25, 0.3) is 11.8 Å². The maximum atomic E-state index is 13.4. The number of benzene rings is 2. The molecule has 4 rings (SSSR count). The van der Waals surface area contributed by atoms with Gasteiger partial charge in [0.1, 0.15) is 17.2 Å². The molecule has 2 heterocycles. The second-order valence-corrected chi connectivity index (χ2v) is 10.4. The van der Waals surface area contributed by atoms with E-state index in [-0.39, 0.29) is 28.5 Å². The van der Waals surface area contributed by atoms with E-state index in [2.05, 4.69) is 16.8 Å². The van der Waals surface area contributed by atoms with Crippen molar-refractivity contribution in [2.45, 2.75) is 39.3 Å². The lowest BCUT2D eigenvalue weighted by atomic mass is 10.1. The van der Waals surface area contributed by atoms with Crippen LogP contribution in [0.5, 0.6) is 17.2 Å². The number of hydrogen-bond acceptors (Lipinski definition) is 7. The molecule has 1 saturated heterocycles. The van der Waals surface area contributed by atoms with E-state index in [9.17, 15) is 19.8 Å². The molecule has 2 aliphatic heterocycles. The summed E-state index contributed by atoms with van der Waals surface area (Å²) in [6, 6.07) is 8.27. The van der Waals surface area contributed by atoms with Gasteiger partial charge in [0.2, 0.25) is 0 Å². The molecule has 0 unspecified atom stereocenters. The van der Waals surface area contributed by atoms with Gasteiger partial charge in [-0.05, 0) is 49.2 Å². The minimum atomic E-state index is -0.390. The zero-order chi connectivity index (χ0) is 27.2. The number of ether oxygens (including phenoxy) is 1. The summed E-state index contributed by atoms with van der Waals surface area (Å²) >= 11 is 0. The number of phenols is 2. The first-order chi connectivity index (χ1) is 18.3. The fraction of sp³-hybridized carbons (Fsp3) is 0.517. The summed E-state index contributed by atoms with van der Waals surface area (Å²) in [5, 5.41) is 20.7. The standard InChI is InChI=1S/C29H40N4O5/c1-4-5-9-31(3)28(36)24-17-25(27(35)18-26(24)34)29(37)33-19-21-7-8-23(16-22(21)20-33)38-15-6-10-32-13-11-30(2)12-14-32/h7-8,16-18,34-35H,4-6,9-15,19-20H2,1-3H3. The van der Waals surface area contributed by atoms with Crippen LogP contribution in [-0.4, -0.2) is 102 Å². The zero-order valence-corrected chi connectivity index (χ0v) is 22.8. The molecule has 0 aromatic heterocycles. The Bertz CT molecular complexity index is 1150. The van der Waals surface area contributed by atoms with E-state index < -0.39 is 5.91 Å². The number of carbonyl (C=O) groups is 2. The molecule has 0 spiro atoms. The molecule has 9 heteroatoms. The van der Waals surface area contributed by atoms with Crippen LogP contribution in [0.4, 0.5) is 0 Å². The molecular weight excluding hydrogens is 484 g/mol. The average molecular weight is 525 g/mol. The fourth-order valence-electron chi connectivity index (χ4n) is 4.95. The number of amides is 2. The van der Waals surface area contributed by atoms with Gasteiger partial charge in [0.05, 0.1) is 17.7 Å². The number of nitrogens with zero attached hydrogens (tertiary/aromatic N) is 4. The zero-order valence-electron chi connectivity index (χ0n) is 22.8. The first-order valence-electron chi connectivity index (χ1n) is 13.5. The van der Waals surface area contributed by atoms with Crippen molar-refractivity contribution in [3.05, 3.63) is 52.6 Å². The average Bonchev–Trinajstić information content (AvgIpc) is 3.33. The second kappa shape index (κ2) is 12.5. The van der Waals surface area contributed by atoms with Crippen LogP contribution in [0, 0.1) is 0 Å². The Hall–Kier alpha value is -3.30. The fourth-order valence-corrected chi connectivity index (χ4v) is 4.95. The summed E-state index contributed by atoms with van der Waals surface area (Å²) in [7, 11) is 3.82. The molecule has 2 aliphatic rings. The minimum absolute atomic E-state index is 0.00299. The maximum Gasteiger partial charge on any atom is 0.258 e. The molecular formula is C29H40N4O5. The van der Waals surface area contributed by atoms with E-state index in [1.165, 1.54) is 11.0 Å². The summed E-state index contributed by atoms with van der Waals surface area (Å²) in [5.74, 6) is -0.679. The molecule has 0 bridgehead atoms.